The van der Waals surface area contributed by atoms with Crippen LogP contribution in [-0.4, -0.2) is 29.5 Å². The smallest absolute Gasteiger partial charge is 0.292 e. The lowest BCUT2D eigenvalue weighted by molar-refractivity contribution is -0.384. The number of rotatable bonds is 8. The minimum absolute atomic E-state index is 0.157. The maximum absolute atomic E-state index is 11.1. The van der Waals surface area contributed by atoms with Crippen LogP contribution >= 0.6 is 0 Å². The van der Waals surface area contributed by atoms with Gasteiger partial charge in [0.25, 0.3) is 5.69 Å². The highest BCUT2D eigenvalue weighted by molar-refractivity contribution is 5.62. The number of nitrogens with one attached hydrogen (secondary N) is 1. The van der Waals surface area contributed by atoms with Gasteiger partial charge in [0.05, 0.1) is 4.92 Å². The number of nitro groups is 1. The van der Waals surface area contributed by atoms with Crippen molar-refractivity contribution in [3.63, 3.8) is 0 Å². The highest BCUT2D eigenvalue weighted by atomic mass is 16.6. The first-order chi connectivity index (χ1) is 9.47. The van der Waals surface area contributed by atoms with Gasteiger partial charge >= 0.3 is 0 Å². The van der Waals surface area contributed by atoms with E-state index in [0.717, 1.165) is 25.2 Å². The summed E-state index contributed by atoms with van der Waals surface area (Å²) in [5, 5.41) is 14.2. The van der Waals surface area contributed by atoms with E-state index in [4.69, 9.17) is 0 Å². The van der Waals surface area contributed by atoms with E-state index in [1.54, 1.807) is 12.1 Å². The Balaban J connectivity index is 2.90. The van der Waals surface area contributed by atoms with Gasteiger partial charge in [-0.15, -0.1) is 0 Å². The van der Waals surface area contributed by atoms with E-state index in [1.807, 2.05) is 13.0 Å². The van der Waals surface area contributed by atoms with Crippen molar-refractivity contribution in [2.45, 2.75) is 34.2 Å². The van der Waals surface area contributed by atoms with E-state index in [9.17, 15) is 10.1 Å². The zero-order chi connectivity index (χ0) is 15.1. The molecule has 112 valence electrons. The van der Waals surface area contributed by atoms with Crippen molar-refractivity contribution in [1.82, 2.24) is 4.90 Å². The minimum atomic E-state index is -0.319. The van der Waals surface area contributed by atoms with E-state index in [0.29, 0.717) is 18.2 Å². The van der Waals surface area contributed by atoms with Crippen LogP contribution in [0.3, 0.4) is 0 Å². The van der Waals surface area contributed by atoms with Gasteiger partial charge in [-0.05, 0) is 31.0 Å². The Morgan fingerprint density at radius 3 is 2.55 bits per heavy atom. The molecule has 1 N–H and O–H groups in total. The highest BCUT2D eigenvalue weighted by Crippen LogP contribution is 2.26. The molecule has 0 spiro atoms. The molecule has 0 radical (unpaired) electrons. The minimum Gasteiger partial charge on any atom is -0.380 e. The van der Waals surface area contributed by atoms with Crippen LogP contribution in [0.15, 0.2) is 18.2 Å². The fraction of sp³-hybridized carbons (Fsp3) is 0.600. The topological polar surface area (TPSA) is 58.4 Å². The molecule has 0 fully saturated rings. The van der Waals surface area contributed by atoms with Gasteiger partial charge in [0.2, 0.25) is 0 Å². The Hall–Kier alpha value is -1.62. The lowest BCUT2D eigenvalue weighted by Gasteiger charge is -2.22. The molecule has 0 aliphatic carbocycles. The predicted molar refractivity (Wildman–Crippen MR) is 83.0 cm³/mol. The number of nitrogens with zero attached hydrogens (tertiary/aromatic N) is 2. The van der Waals surface area contributed by atoms with Crippen LogP contribution in [0.1, 0.15) is 33.3 Å². The summed E-state index contributed by atoms with van der Waals surface area (Å²) in [6.45, 7) is 11.8. The number of hydrogen-bond donors (Lipinski definition) is 1. The molecule has 0 aromatic heterocycles. The molecule has 0 aliphatic rings. The molecule has 1 aromatic rings. The maximum Gasteiger partial charge on any atom is 0.292 e. The van der Waals surface area contributed by atoms with Crippen LogP contribution < -0.4 is 5.32 Å². The molecule has 5 heteroatoms. The van der Waals surface area contributed by atoms with Gasteiger partial charge in [-0.3, -0.25) is 15.0 Å². The predicted octanol–water partition coefficient (Wildman–Crippen LogP) is 3.50. The van der Waals surface area contributed by atoms with Crippen molar-refractivity contribution in [3.8, 4) is 0 Å². The number of benzene rings is 1. The lowest BCUT2D eigenvalue weighted by Crippen LogP contribution is -2.27. The molecular formula is C15H25N3O2. The first kappa shape index (κ1) is 16.4. The molecule has 0 aliphatic heterocycles. The van der Waals surface area contributed by atoms with E-state index in [2.05, 4.69) is 31.0 Å². The van der Waals surface area contributed by atoms with Crippen LogP contribution in [0.5, 0.6) is 0 Å². The average Bonchev–Trinajstić information content (AvgIpc) is 2.39. The normalized spacial score (nSPS) is 11.1. The number of nitro benzene ring substituents is 1. The number of hydrogen-bond acceptors (Lipinski definition) is 4. The molecule has 1 rings (SSSR count). The summed E-state index contributed by atoms with van der Waals surface area (Å²) in [5.41, 5.74) is 1.74. The largest absolute Gasteiger partial charge is 0.380 e. The van der Waals surface area contributed by atoms with E-state index < -0.39 is 0 Å². The second-order valence-corrected chi connectivity index (χ2v) is 5.36. The fourth-order valence-corrected chi connectivity index (χ4v) is 2.25. The molecule has 1 aromatic carbocycles. The van der Waals surface area contributed by atoms with Gasteiger partial charge in [0.15, 0.2) is 0 Å². The molecule has 0 bridgehead atoms. The Morgan fingerprint density at radius 2 is 2.05 bits per heavy atom. The Morgan fingerprint density at radius 1 is 1.35 bits per heavy atom. The van der Waals surface area contributed by atoms with Crippen molar-refractivity contribution in [1.29, 1.82) is 0 Å². The molecule has 20 heavy (non-hydrogen) atoms. The first-order valence-electron chi connectivity index (χ1n) is 7.21. The van der Waals surface area contributed by atoms with Gasteiger partial charge in [0.1, 0.15) is 5.69 Å². The zero-order valence-corrected chi connectivity index (χ0v) is 12.8. The van der Waals surface area contributed by atoms with Crippen LogP contribution in [0.4, 0.5) is 11.4 Å². The molecule has 0 saturated heterocycles. The van der Waals surface area contributed by atoms with Crippen molar-refractivity contribution in [3.05, 3.63) is 33.9 Å². The van der Waals surface area contributed by atoms with Gasteiger partial charge in [-0.25, -0.2) is 0 Å². The third kappa shape index (κ3) is 4.81. The second-order valence-electron chi connectivity index (χ2n) is 5.36. The summed E-state index contributed by atoms with van der Waals surface area (Å²) in [7, 11) is 0. The molecule has 5 nitrogen and oxygen atoms in total. The number of anilines is 1. The van der Waals surface area contributed by atoms with Gasteiger partial charge < -0.3 is 5.32 Å². The van der Waals surface area contributed by atoms with E-state index in [-0.39, 0.29) is 10.6 Å². The highest BCUT2D eigenvalue weighted by Gasteiger charge is 2.15. The summed E-state index contributed by atoms with van der Waals surface area (Å²) in [4.78, 5) is 13.1. The Kier molecular flexibility index (Phi) is 6.45. The third-order valence-electron chi connectivity index (χ3n) is 3.10. The SMILES string of the molecule is CCNc1ccc(CN(CC)CC(C)C)cc1[N+](=O)[O-]. The van der Waals surface area contributed by atoms with Gasteiger partial charge in [-0.2, -0.15) is 0 Å². The summed E-state index contributed by atoms with van der Waals surface area (Å²) in [6, 6.07) is 5.45. The van der Waals surface area contributed by atoms with Crippen molar-refractivity contribution in [2.24, 2.45) is 5.92 Å². The first-order valence-corrected chi connectivity index (χ1v) is 7.21. The molecule has 0 atom stereocenters. The molecule has 0 heterocycles. The summed E-state index contributed by atoms with van der Waals surface area (Å²) < 4.78 is 0. The maximum atomic E-state index is 11.1. The molecule has 0 unspecified atom stereocenters. The second kappa shape index (κ2) is 7.85. The van der Waals surface area contributed by atoms with Crippen LogP contribution in [0, 0.1) is 16.0 Å². The Labute approximate surface area is 121 Å². The molecular weight excluding hydrogens is 254 g/mol. The quantitative estimate of drug-likeness (QED) is 0.584. The Bertz CT molecular complexity index is 447. The van der Waals surface area contributed by atoms with Crippen LogP contribution in [0.2, 0.25) is 0 Å². The van der Waals surface area contributed by atoms with Crippen LogP contribution in [0.25, 0.3) is 0 Å². The standard InChI is InChI=1S/C15H25N3O2/c1-5-16-14-8-7-13(9-15(14)18(19)20)11-17(6-2)10-12(3)4/h7-9,12,16H,5-6,10-11H2,1-4H3. The van der Waals surface area contributed by atoms with Crippen molar-refractivity contribution in [2.75, 3.05) is 25.0 Å². The monoisotopic (exact) mass is 279 g/mol. The van der Waals surface area contributed by atoms with Crippen LogP contribution in [-0.2, 0) is 6.54 Å². The van der Waals surface area contributed by atoms with E-state index >= 15 is 0 Å². The summed E-state index contributed by atoms with van der Waals surface area (Å²) in [5.74, 6) is 0.589. The van der Waals surface area contributed by atoms with Crippen molar-refractivity contribution < 1.29 is 4.92 Å². The van der Waals surface area contributed by atoms with E-state index in [1.165, 1.54) is 0 Å². The molecule has 0 amide bonds. The van der Waals surface area contributed by atoms with Gasteiger partial charge in [0, 0.05) is 25.7 Å². The summed E-state index contributed by atoms with van der Waals surface area (Å²) >= 11 is 0. The molecule has 0 saturated carbocycles. The van der Waals surface area contributed by atoms with Gasteiger partial charge in [-0.1, -0.05) is 26.8 Å². The average molecular weight is 279 g/mol. The fourth-order valence-electron chi connectivity index (χ4n) is 2.25. The zero-order valence-electron chi connectivity index (χ0n) is 12.8. The lowest BCUT2D eigenvalue weighted by atomic mass is 10.1. The summed E-state index contributed by atoms with van der Waals surface area (Å²) in [6.07, 6.45) is 0. The van der Waals surface area contributed by atoms with Crippen molar-refractivity contribution >= 4 is 11.4 Å². The third-order valence-corrected chi connectivity index (χ3v) is 3.10.